The standard InChI is InChI=1S/C113H212N12O19/c1-5-9-13-17-21-25-29-33-37-41-45-49-53-57-61-69-79-124(80-70-62-58-54-50-46-42-38-34-30-26-22-18-14-10-6-2)85-91(127)109(138)121-78-68-66-74-88(115)108(137)123-110-102(134)101(133)97(119)112(144-110)141-104-90(117)83-89(116)98(130)106(104)143-113-103(135)105(93(86-126)140-113)142-111-96(118)100(132)99(131)92(139-111)84-122-107(136)87(114)73-65-67-77-120-94(128)75-76-95(129)125(81-71-63-59-55-51-47-43-39-35-31-27-23-19-15-11-7-3)82-72-64-60-56-52-48-44-40-36-32-28-24-20-16-12-8-4/h33-40,87-90,92-93,96-106,110-113,126,130-135H,5-32,41-86,114-119H2,1-4H3,(H,120,128)(H,121,138)(H,122,136)(H,123,137)/b37-33-,38-34-,39-35-,40-36-/t87-,88-,89+,90?,92?,93+,96+,97?,98?,99+,100?,101+,102+,103?,104-,105-,106+,110?,111+,112+,113-/m0/s1. The van der Waals surface area contributed by atoms with Gasteiger partial charge in [-0.05, 0) is 186 Å². The van der Waals surface area contributed by atoms with Crippen LogP contribution in [0.25, 0.3) is 0 Å². The van der Waals surface area contributed by atoms with E-state index >= 15 is 0 Å². The van der Waals surface area contributed by atoms with E-state index in [1.165, 1.54) is 257 Å². The second-order valence-corrected chi connectivity index (χ2v) is 42.1. The summed E-state index contributed by atoms with van der Waals surface area (Å²) in [5.41, 5.74) is 38.6. The van der Waals surface area contributed by atoms with Crippen molar-refractivity contribution in [1.82, 2.24) is 31.1 Å². The highest BCUT2D eigenvalue weighted by Crippen LogP contribution is 2.36. The van der Waals surface area contributed by atoms with Gasteiger partial charge in [-0.25, -0.2) is 0 Å². The van der Waals surface area contributed by atoms with Crippen LogP contribution in [0.2, 0.25) is 0 Å². The maximum absolute atomic E-state index is 13.8. The lowest BCUT2D eigenvalue weighted by Gasteiger charge is -2.47. The molecule has 0 aromatic rings. The van der Waals surface area contributed by atoms with E-state index in [4.69, 9.17) is 62.8 Å². The minimum absolute atomic E-state index is 0.000177. The Bertz CT molecular complexity index is 3240. The summed E-state index contributed by atoms with van der Waals surface area (Å²) in [6.45, 7) is 11.2. The number of allylic oxidation sites excluding steroid dienone is 8. The number of ether oxygens (including phenoxy) is 6. The van der Waals surface area contributed by atoms with Gasteiger partial charge in [-0.1, -0.05) is 307 Å². The maximum atomic E-state index is 13.8. The van der Waals surface area contributed by atoms with E-state index in [0.29, 0.717) is 45.3 Å². The van der Waals surface area contributed by atoms with E-state index in [1.807, 2.05) is 4.90 Å². The lowest BCUT2D eigenvalue weighted by molar-refractivity contribution is -0.310. The number of nitrogens with zero attached hydrogens (tertiary/aromatic N) is 2. The maximum Gasteiger partial charge on any atom is 0.288 e. The van der Waals surface area contributed by atoms with Gasteiger partial charge in [0.25, 0.3) is 5.91 Å². The number of ketones is 1. The van der Waals surface area contributed by atoms with Gasteiger partial charge in [0.05, 0.1) is 43.4 Å². The highest BCUT2D eigenvalue weighted by atomic mass is 16.8. The van der Waals surface area contributed by atoms with Crippen LogP contribution >= 0.6 is 0 Å². The number of hydrogen-bond acceptors (Lipinski definition) is 26. The van der Waals surface area contributed by atoms with Gasteiger partial charge in [-0.15, -0.1) is 0 Å². The molecular formula is C113H212N12O19. The summed E-state index contributed by atoms with van der Waals surface area (Å²) in [6.07, 6.45) is 64.5. The molecule has 838 valence electrons. The minimum Gasteiger partial charge on any atom is -0.394 e. The monoisotopic (exact) mass is 2040 g/mol. The zero-order chi connectivity index (χ0) is 105. The van der Waals surface area contributed by atoms with Crippen LogP contribution in [0.15, 0.2) is 48.6 Å². The molecule has 0 aromatic carbocycles. The number of carbonyl (C=O) groups is 6. The number of nitrogens with one attached hydrogen (secondary N) is 4. The van der Waals surface area contributed by atoms with Crippen molar-refractivity contribution >= 4 is 35.3 Å². The Morgan fingerprint density at radius 2 is 0.708 bits per heavy atom. The lowest BCUT2D eigenvalue weighted by Crippen LogP contribution is -2.69. The van der Waals surface area contributed by atoms with Crippen LogP contribution in [0, 0.1) is 0 Å². The molecule has 0 spiro atoms. The largest absolute Gasteiger partial charge is 0.394 e. The summed E-state index contributed by atoms with van der Waals surface area (Å²) in [7, 11) is 0. The van der Waals surface area contributed by atoms with Crippen molar-refractivity contribution in [3.8, 4) is 0 Å². The van der Waals surface area contributed by atoms with Crippen molar-refractivity contribution in [3.63, 3.8) is 0 Å². The Hall–Kier alpha value is -4.82. The van der Waals surface area contributed by atoms with Crippen LogP contribution in [0.1, 0.15) is 445 Å². The first-order chi connectivity index (χ1) is 69.9. The number of nitrogens with two attached hydrogens (primary N) is 6. The fourth-order valence-corrected chi connectivity index (χ4v) is 19.6. The Balaban J connectivity index is 1.22. The third kappa shape index (κ3) is 59.3. The van der Waals surface area contributed by atoms with Gasteiger partial charge in [0.1, 0.15) is 61.0 Å². The Morgan fingerprint density at radius 3 is 1.12 bits per heavy atom. The molecule has 3 aliphatic heterocycles. The summed E-state index contributed by atoms with van der Waals surface area (Å²) >= 11 is 0. The van der Waals surface area contributed by atoms with Gasteiger partial charge < -0.3 is 125 Å². The first-order valence-corrected chi connectivity index (χ1v) is 58.3. The zero-order valence-corrected chi connectivity index (χ0v) is 90.5. The van der Waals surface area contributed by atoms with E-state index in [1.54, 1.807) is 0 Å². The second-order valence-electron chi connectivity index (χ2n) is 42.1. The van der Waals surface area contributed by atoms with Gasteiger partial charge in [0.2, 0.25) is 29.4 Å². The summed E-state index contributed by atoms with van der Waals surface area (Å²) in [5, 5.41) is 90.1. The number of aliphatic hydroxyl groups is 7. The Labute approximate surface area is 870 Å². The molecule has 31 heteroatoms. The van der Waals surface area contributed by atoms with Gasteiger partial charge >= 0.3 is 0 Å². The van der Waals surface area contributed by atoms with Crippen molar-refractivity contribution < 1.29 is 92.9 Å². The van der Waals surface area contributed by atoms with Crippen LogP contribution < -0.4 is 55.7 Å². The van der Waals surface area contributed by atoms with Crippen LogP contribution in [-0.2, 0) is 57.2 Å². The smallest absolute Gasteiger partial charge is 0.288 e. The molecule has 1 saturated carbocycles. The molecule has 7 unspecified atom stereocenters. The zero-order valence-electron chi connectivity index (χ0n) is 90.5. The predicted octanol–water partition coefficient (Wildman–Crippen LogP) is 15.2. The number of unbranched alkanes of at least 4 members (excludes halogenated alkanes) is 50. The van der Waals surface area contributed by atoms with Crippen molar-refractivity contribution in [2.24, 2.45) is 34.4 Å². The van der Waals surface area contributed by atoms with Crippen molar-refractivity contribution in [1.29, 1.82) is 0 Å². The molecule has 0 bridgehead atoms. The molecular weight excluding hydrogens is 1830 g/mol. The average molecular weight is 2040 g/mol. The van der Waals surface area contributed by atoms with Crippen molar-refractivity contribution in [2.45, 2.75) is 574 Å². The molecule has 1 aliphatic carbocycles. The third-order valence-corrected chi connectivity index (χ3v) is 29.1. The second kappa shape index (κ2) is 85.7. The summed E-state index contributed by atoms with van der Waals surface area (Å²) in [5.74, 6) is -2.77. The van der Waals surface area contributed by atoms with Crippen LogP contribution in [-0.4, -0.2) is 268 Å². The number of hydrogen-bond donors (Lipinski definition) is 17. The molecule has 3 heterocycles. The topological polar surface area (TPSA) is 510 Å². The van der Waals surface area contributed by atoms with Gasteiger partial charge in [-0.3, -0.25) is 33.7 Å². The molecule has 0 aromatic heterocycles. The molecule has 21 atom stereocenters. The normalized spacial score (nSPS) is 24.6. The van der Waals surface area contributed by atoms with Gasteiger partial charge in [0, 0.05) is 57.6 Å². The van der Waals surface area contributed by atoms with E-state index < -0.39 is 159 Å². The van der Waals surface area contributed by atoms with Gasteiger partial charge in [-0.2, -0.15) is 0 Å². The Kier molecular flexibility index (Phi) is 78.2. The number of aliphatic hydroxyl groups excluding tert-OH is 7. The number of amides is 5. The summed E-state index contributed by atoms with van der Waals surface area (Å²) in [4.78, 5) is 84.9. The van der Waals surface area contributed by atoms with E-state index in [-0.39, 0.29) is 63.6 Å². The average Bonchev–Trinajstić information content (AvgIpc) is 1.48. The number of carbonyl (C=O) groups excluding carboxylic acids is 6. The molecule has 4 rings (SSSR count). The molecule has 4 aliphatic rings. The van der Waals surface area contributed by atoms with Crippen LogP contribution in [0.3, 0.4) is 0 Å². The lowest BCUT2D eigenvalue weighted by atomic mass is 9.84. The van der Waals surface area contributed by atoms with Crippen molar-refractivity contribution in [2.75, 3.05) is 59.0 Å². The van der Waals surface area contributed by atoms with E-state index in [2.05, 4.69) is 102 Å². The molecule has 31 nitrogen and oxygen atoms in total. The SMILES string of the molecule is CCCCCCCC/C=C\CCCCCCCCN(CCCCCCCC/C=C\CCCCCCCC)CC(=O)C(=O)NCCCC[C@H](N)C(=O)NC1O[C@@H](O[C@H]2C(N)C[C@@H](N)C(O)[C@H]2O[C@@H]2O[C@H](CO)[C@H](O[C@H]3OC(CNC(=O)[C@@H](N)CCCCNC(=O)CCC(=O)N(CCCCCCCC/C=C\CCCCCCCC)CCCCCCCC/C=C\CCCCCCCC)[C@@H](O)C(O)[C@H]3N)C2O)C(N)[C@@H](O)[C@H]1O. The van der Waals surface area contributed by atoms with Crippen LogP contribution in [0.4, 0.5) is 0 Å². The predicted molar refractivity (Wildman–Crippen MR) is 576 cm³/mol. The quantitative estimate of drug-likeness (QED) is 0.0153. The molecule has 3 saturated heterocycles. The fraction of sp³-hybridized carbons (Fsp3) is 0.876. The fourth-order valence-electron chi connectivity index (χ4n) is 19.6. The summed E-state index contributed by atoms with van der Waals surface area (Å²) in [6, 6.07) is -7.25. The number of Topliss-reactive ketones (excluding diaryl/α,β-unsaturated/α-hetero) is 1. The molecule has 5 amide bonds. The minimum atomic E-state index is -1.82. The first-order valence-electron chi connectivity index (χ1n) is 58.3. The molecule has 0 radical (unpaired) electrons. The highest BCUT2D eigenvalue weighted by Gasteiger charge is 2.55. The van der Waals surface area contributed by atoms with Crippen LogP contribution in [0.5, 0.6) is 0 Å². The van der Waals surface area contributed by atoms with Crippen molar-refractivity contribution in [3.05, 3.63) is 48.6 Å². The molecule has 144 heavy (non-hydrogen) atoms. The first kappa shape index (κ1) is 131. The molecule has 23 N–H and O–H groups in total. The molecule has 4 fully saturated rings. The van der Waals surface area contributed by atoms with Gasteiger partial charge in [0.15, 0.2) is 25.1 Å². The highest BCUT2D eigenvalue weighted by molar-refractivity contribution is 6.37. The van der Waals surface area contributed by atoms with E-state index in [0.717, 1.165) is 116 Å². The number of rotatable bonds is 92. The summed E-state index contributed by atoms with van der Waals surface area (Å²) < 4.78 is 36.7. The van der Waals surface area contributed by atoms with E-state index in [9.17, 15) is 64.5 Å². The Morgan fingerprint density at radius 1 is 0.354 bits per heavy atom. The third-order valence-electron chi connectivity index (χ3n) is 29.1.